The maximum Gasteiger partial charge on any atom is 0.418 e. The monoisotopic (exact) mass is 326 g/mol. The number of hydrogen-bond acceptors (Lipinski definition) is 4. The van der Waals surface area contributed by atoms with Crippen LogP contribution in [0.1, 0.15) is 47.9 Å². The molecule has 0 aliphatic heterocycles. The first kappa shape index (κ1) is 15.4. The van der Waals surface area contributed by atoms with Crippen molar-refractivity contribution in [3.05, 3.63) is 29.7 Å². The van der Waals surface area contributed by atoms with Crippen LogP contribution in [0.15, 0.2) is 18.3 Å². The number of halogens is 3. The van der Waals surface area contributed by atoms with Crippen LogP contribution in [0.3, 0.4) is 0 Å². The quantitative estimate of drug-likeness (QED) is 0.937. The number of alkyl halides is 3. The van der Waals surface area contributed by atoms with Crippen LogP contribution in [-0.2, 0) is 6.18 Å². The normalized spacial score (nSPS) is 16.0. The number of nitrogens with zero attached hydrogens (tertiary/aromatic N) is 4. The molecule has 0 atom stereocenters. The second kappa shape index (κ2) is 5.64. The third kappa shape index (κ3) is 2.90. The number of aromatic nitrogens is 4. The average Bonchev–Trinajstić information content (AvgIpc) is 3.15. The van der Waals surface area contributed by atoms with Gasteiger partial charge < -0.3 is 5.11 Å². The summed E-state index contributed by atoms with van der Waals surface area (Å²) in [5.74, 6) is -2.06. The van der Waals surface area contributed by atoms with Crippen molar-refractivity contribution in [2.45, 2.75) is 37.9 Å². The summed E-state index contributed by atoms with van der Waals surface area (Å²) in [6.07, 6.45) is -0.104. The first-order valence-corrected chi connectivity index (χ1v) is 7.10. The van der Waals surface area contributed by atoms with Crippen LogP contribution in [0.5, 0.6) is 0 Å². The molecule has 122 valence electrons. The van der Waals surface area contributed by atoms with Gasteiger partial charge in [-0.15, -0.1) is 5.10 Å². The molecule has 1 aliphatic rings. The van der Waals surface area contributed by atoms with E-state index >= 15 is 0 Å². The van der Waals surface area contributed by atoms with E-state index in [4.69, 9.17) is 5.11 Å². The maximum absolute atomic E-state index is 13.2. The van der Waals surface area contributed by atoms with E-state index in [1.807, 2.05) is 0 Å². The molecule has 1 saturated carbocycles. The third-order valence-corrected chi connectivity index (χ3v) is 3.82. The lowest BCUT2D eigenvalue weighted by Crippen LogP contribution is -2.13. The van der Waals surface area contributed by atoms with Gasteiger partial charge in [0.05, 0.1) is 11.6 Å². The Bertz CT molecular complexity index is 736. The van der Waals surface area contributed by atoms with E-state index in [1.165, 1.54) is 16.9 Å². The summed E-state index contributed by atoms with van der Waals surface area (Å²) in [5.41, 5.74) is -1.35. The Morgan fingerprint density at radius 3 is 2.61 bits per heavy atom. The molecule has 0 spiro atoms. The molecule has 0 saturated heterocycles. The van der Waals surface area contributed by atoms with Crippen LogP contribution in [-0.4, -0.2) is 30.8 Å². The lowest BCUT2D eigenvalue weighted by molar-refractivity contribution is -0.137. The molecule has 1 aliphatic carbocycles. The Kier molecular flexibility index (Phi) is 3.78. The second-order valence-electron chi connectivity index (χ2n) is 5.34. The van der Waals surface area contributed by atoms with Gasteiger partial charge in [0.2, 0.25) is 0 Å². The van der Waals surface area contributed by atoms with Gasteiger partial charge in [-0.05, 0) is 25.0 Å². The molecule has 6 nitrogen and oxygen atoms in total. The molecule has 0 radical (unpaired) electrons. The summed E-state index contributed by atoms with van der Waals surface area (Å²) in [6.45, 7) is 0. The first-order chi connectivity index (χ1) is 10.9. The van der Waals surface area contributed by atoms with Crippen molar-refractivity contribution in [3.8, 4) is 11.5 Å². The summed E-state index contributed by atoms with van der Waals surface area (Å²) >= 11 is 0. The van der Waals surface area contributed by atoms with Crippen molar-refractivity contribution in [1.29, 1.82) is 0 Å². The Morgan fingerprint density at radius 1 is 1.30 bits per heavy atom. The highest BCUT2D eigenvalue weighted by Gasteiger charge is 2.37. The van der Waals surface area contributed by atoms with E-state index < -0.39 is 29.2 Å². The number of carbonyl (C=O) groups is 1. The van der Waals surface area contributed by atoms with Crippen molar-refractivity contribution in [2.75, 3.05) is 0 Å². The number of carboxylic acid groups (broad SMARTS) is 1. The largest absolute Gasteiger partial charge is 0.475 e. The van der Waals surface area contributed by atoms with Gasteiger partial charge in [0.25, 0.3) is 5.82 Å². The molecule has 3 rings (SSSR count). The zero-order valence-corrected chi connectivity index (χ0v) is 11.9. The molecule has 1 N–H and O–H groups in total. The second-order valence-corrected chi connectivity index (χ2v) is 5.34. The van der Waals surface area contributed by atoms with E-state index in [9.17, 15) is 18.0 Å². The fourth-order valence-corrected chi connectivity index (χ4v) is 2.79. The zero-order chi connectivity index (χ0) is 16.6. The van der Waals surface area contributed by atoms with Crippen LogP contribution in [0.2, 0.25) is 0 Å². The minimum absolute atomic E-state index is 0.151. The van der Waals surface area contributed by atoms with Gasteiger partial charge in [0.15, 0.2) is 5.82 Å². The van der Waals surface area contributed by atoms with Gasteiger partial charge in [-0.1, -0.05) is 12.8 Å². The van der Waals surface area contributed by atoms with Crippen molar-refractivity contribution < 1.29 is 23.1 Å². The predicted molar refractivity (Wildman–Crippen MR) is 72.7 cm³/mol. The van der Waals surface area contributed by atoms with Crippen molar-refractivity contribution >= 4 is 5.97 Å². The summed E-state index contributed by atoms with van der Waals surface area (Å²) in [6, 6.07) is 1.92. The molecule has 9 heteroatoms. The number of carboxylic acids is 1. The maximum atomic E-state index is 13.2. The molecular formula is C14H13F3N4O2. The van der Waals surface area contributed by atoms with E-state index in [-0.39, 0.29) is 11.9 Å². The van der Waals surface area contributed by atoms with Gasteiger partial charge in [-0.3, -0.25) is 4.98 Å². The molecule has 0 unspecified atom stereocenters. The minimum atomic E-state index is -4.61. The Balaban J connectivity index is 2.18. The lowest BCUT2D eigenvalue weighted by atomic mass is 10.1. The van der Waals surface area contributed by atoms with Crippen LogP contribution in [0, 0.1) is 0 Å². The molecule has 2 aromatic rings. The SMILES string of the molecule is O=C(O)c1nc(-c2ncccc2C(F)(F)F)n(C2CCCC2)n1. The summed E-state index contributed by atoms with van der Waals surface area (Å²) in [4.78, 5) is 18.7. The highest BCUT2D eigenvalue weighted by atomic mass is 19.4. The first-order valence-electron chi connectivity index (χ1n) is 7.10. The minimum Gasteiger partial charge on any atom is -0.475 e. The zero-order valence-electron chi connectivity index (χ0n) is 11.9. The van der Waals surface area contributed by atoms with Gasteiger partial charge >= 0.3 is 12.1 Å². The molecule has 2 heterocycles. The number of hydrogen-bond donors (Lipinski definition) is 1. The predicted octanol–water partition coefficient (Wildman–Crippen LogP) is 3.17. The van der Waals surface area contributed by atoms with E-state index in [0.717, 1.165) is 31.7 Å². The molecule has 0 amide bonds. The Morgan fingerprint density at radius 2 is 2.00 bits per heavy atom. The van der Waals surface area contributed by atoms with Gasteiger partial charge in [0, 0.05) is 6.20 Å². The standard InChI is InChI=1S/C14H13F3N4O2/c15-14(16,17)9-6-3-7-18-10(9)12-19-11(13(22)23)20-21(12)8-4-1-2-5-8/h3,6-8H,1-2,4-5H2,(H,22,23). The topological polar surface area (TPSA) is 80.9 Å². The molecule has 0 bridgehead atoms. The highest BCUT2D eigenvalue weighted by molar-refractivity contribution is 5.83. The smallest absolute Gasteiger partial charge is 0.418 e. The molecule has 2 aromatic heterocycles. The molecule has 1 fully saturated rings. The van der Waals surface area contributed by atoms with Crippen LogP contribution >= 0.6 is 0 Å². The third-order valence-electron chi connectivity index (χ3n) is 3.82. The average molecular weight is 326 g/mol. The van der Waals surface area contributed by atoms with Gasteiger partial charge in [-0.25, -0.2) is 9.48 Å². The summed E-state index contributed by atoms with van der Waals surface area (Å²) in [7, 11) is 0. The molecule has 23 heavy (non-hydrogen) atoms. The van der Waals surface area contributed by atoms with Crippen molar-refractivity contribution in [3.63, 3.8) is 0 Å². The van der Waals surface area contributed by atoms with Crippen LogP contribution in [0.25, 0.3) is 11.5 Å². The lowest BCUT2D eigenvalue weighted by Gasteiger charge is -2.15. The molecule has 0 aromatic carbocycles. The Labute approximate surface area is 129 Å². The van der Waals surface area contributed by atoms with E-state index in [2.05, 4.69) is 15.1 Å². The number of aromatic carboxylic acids is 1. The Hall–Kier alpha value is -2.45. The molecular weight excluding hydrogens is 313 g/mol. The number of pyridine rings is 1. The van der Waals surface area contributed by atoms with Crippen LogP contribution in [0.4, 0.5) is 13.2 Å². The van der Waals surface area contributed by atoms with E-state index in [1.54, 1.807) is 0 Å². The van der Waals surface area contributed by atoms with Gasteiger partial charge in [-0.2, -0.15) is 18.2 Å². The van der Waals surface area contributed by atoms with Crippen molar-refractivity contribution in [1.82, 2.24) is 19.7 Å². The summed E-state index contributed by atoms with van der Waals surface area (Å²) < 4.78 is 40.9. The van der Waals surface area contributed by atoms with E-state index in [0.29, 0.717) is 0 Å². The van der Waals surface area contributed by atoms with Crippen molar-refractivity contribution in [2.24, 2.45) is 0 Å². The summed E-state index contributed by atoms with van der Waals surface area (Å²) in [5, 5.41) is 13.0. The fourth-order valence-electron chi connectivity index (χ4n) is 2.79. The highest BCUT2D eigenvalue weighted by Crippen LogP contribution is 2.37. The number of rotatable bonds is 3. The van der Waals surface area contributed by atoms with Gasteiger partial charge in [0.1, 0.15) is 5.69 Å². The van der Waals surface area contributed by atoms with Crippen LogP contribution < -0.4 is 0 Å². The fraction of sp³-hybridized carbons (Fsp3) is 0.429.